The molecule has 4 nitrogen and oxygen atoms in total. The second kappa shape index (κ2) is 10.0. The normalized spacial score (nSPS) is 16.7. The topological polar surface area (TPSA) is 99.2 Å². The minimum absolute atomic E-state index is 0. The van der Waals surface area contributed by atoms with Gasteiger partial charge in [0.15, 0.2) is 0 Å². The molecular formula is C6H16CuN2O2. The molecule has 1 radical (unpaired) electrons. The first kappa shape index (κ1) is 17.2. The summed E-state index contributed by atoms with van der Waals surface area (Å²) in [5, 5.41) is 3.50. The van der Waals surface area contributed by atoms with Gasteiger partial charge >= 0.3 is 0 Å². The summed E-state index contributed by atoms with van der Waals surface area (Å²) in [7, 11) is 0. The zero-order valence-electron chi connectivity index (χ0n) is 6.36. The van der Waals surface area contributed by atoms with E-state index in [0.717, 1.165) is 12.8 Å². The van der Waals surface area contributed by atoms with E-state index in [4.69, 9.17) is 5.53 Å². The minimum atomic E-state index is 0. The fraction of sp³-hybridized carbons (Fsp3) is 1.00. The van der Waals surface area contributed by atoms with Crippen molar-refractivity contribution in [1.82, 2.24) is 0 Å². The van der Waals surface area contributed by atoms with E-state index in [-0.39, 0.29) is 28.0 Å². The summed E-state index contributed by atoms with van der Waals surface area (Å²) >= 11 is 0. The molecule has 0 unspecified atom stereocenters. The van der Waals surface area contributed by atoms with Gasteiger partial charge in [0.2, 0.25) is 0 Å². The number of nitrogens with zero attached hydrogens (tertiary/aromatic N) is 1. The van der Waals surface area contributed by atoms with Crippen LogP contribution >= 0.6 is 0 Å². The predicted molar refractivity (Wildman–Crippen MR) is 39.2 cm³/mol. The second-order valence-corrected chi connectivity index (χ2v) is 2.42. The van der Waals surface area contributed by atoms with Gasteiger partial charge in [0.05, 0.1) is 6.04 Å². The van der Waals surface area contributed by atoms with Crippen LogP contribution in [0.1, 0.15) is 32.1 Å². The fourth-order valence-corrected chi connectivity index (χ4v) is 1.21. The number of hydrogen-bond donors (Lipinski definition) is 1. The third kappa shape index (κ3) is 6.44. The molecule has 5 N–H and O–H groups in total. The van der Waals surface area contributed by atoms with E-state index in [0.29, 0.717) is 6.04 Å². The average molecular weight is 212 g/mol. The average Bonchev–Trinajstić information content (AvgIpc) is 1.90. The van der Waals surface area contributed by atoms with Crippen molar-refractivity contribution in [3.63, 3.8) is 0 Å². The molecule has 0 aromatic carbocycles. The zero-order valence-corrected chi connectivity index (χ0v) is 7.30. The van der Waals surface area contributed by atoms with Gasteiger partial charge in [-0.25, -0.2) is 5.53 Å². The first-order chi connectivity index (χ1) is 3.93. The molecule has 0 saturated heterocycles. The van der Waals surface area contributed by atoms with Crippen LogP contribution in [0.2, 0.25) is 0 Å². The maximum atomic E-state index is 6.72. The number of nitrogens with one attached hydrogen (secondary N) is 1. The Kier molecular flexibility index (Phi) is 15.7. The first-order valence-electron chi connectivity index (χ1n) is 3.30. The molecule has 0 aromatic heterocycles. The monoisotopic (exact) mass is 211 g/mol. The van der Waals surface area contributed by atoms with E-state index in [1.807, 2.05) is 0 Å². The van der Waals surface area contributed by atoms with E-state index < -0.39 is 0 Å². The summed E-state index contributed by atoms with van der Waals surface area (Å²) in [4.78, 5) is 0. The van der Waals surface area contributed by atoms with Gasteiger partial charge in [-0.3, -0.25) is 0 Å². The Labute approximate surface area is 77.4 Å². The molecule has 1 aliphatic rings. The molecule has 5 heteroatoms. The Balaban J connectivity index is -0.000000213. The molecule has 1 aliphatic carbocycles. The molecular weight excluding hydrogens is 196 g/mol. The Morgan fingerprint density at radius 1 is 1.00 bits per heavy atom. The Morgan fingerprint density at radius 3 is 1.73 bits per heavy atom. The van der Waals surface area contributed by atoms with Crippen LogP contribution in [0.25, 0.3) is 0 Å². The van der Waals surface area contributed by atoms with Gasteiger partial charge in [-0.2, -0.15) is 5.11 Å². The molecule has 0 heterocycles. The smallest absolute Gasteiger partial charge is 0.0705 e. The SMILES string of the molecule is N=NC1CCCCC1.O.O.[Cu]. The molecule has 1 fully saturated rings. The van der Waals surface area contributed by atoms with E-state index in [1.54, 1.807) is 0 Å². The van der Waals surface area contributed by atoms with Crippen LogP contribution < -0.4 is 0 Å². The molecule has 0 amide bonds. The van der Waals surface area contributed by atoms with Crippen molar-refractivity contribution in [2.24, 2.45) is 5.11 Å². The summed E-state index contributed by atoms with van der Waals surface area (Å²) in [5.41, 5.74) is 6.72. The van der Waals surface area contributed by atoms with Gasteiger partial charge in [-0.1, -0.05) is 19.3 Å². The molecule has 0 bridgehead atoms. The van der Waals surface area contributed by atoms with Gasteiger partial charge in [0, 0.05) is 17.1 Å². The largest absolute Gasteiger partial charge is 0.412 e. The third-order valence-corrected chi connectivity index (χ3v) is 1.76. The molecule has 0 aromatic rings. The quantitative estimate of drug-likeness (QED) is 0.488. The molecule has 73 valence electrons. The third-order valence-electron chi connectivity index (χ3n) is 1.76. The number of hydrogen-bond acceptors (Lipinski definition) is 2. The van der Waals surface area contributed by atoms with E-state index in [1.165, 1.54) is 19.3 Å². The van der Waals surface area contributed by atoms with Crippen molar-refractivity contribution >= 4 is 0 Å². The maximum absolute atomic E-state index is 6.72. The Morgan fingerprint density at radius 2 is 1.45 bits per heavy atom. The number of rotatable bonds is 1. The zero-order chi connectivity index (χ0) is 5.82. The van der Waals surface area contributed by atoms with Crippen molar-refractivity contribution in [2.45, 2.75) is 38.1 Å². The van der Waals surface area contributed by atoms with E-state index >= 15 is 0 Å². The fourth-order valence-electron chi connectivity index (χ4n) is 1.21. The van der Waals surface area contributed by atoms with E-state index in [2.05, 4.69) is 5.11 Å². The van der Waals surface area contributed by atoms with Gasteiger partial charge in [0.25, 0.3) is 0 Å². The van der Waals surface area contributed by atoms with Crippen molar-refractivity contribution in [3.8, 4) is 0 Å². The van der Waals surface area contributed by atoms with Crippen molar-refractivity contribution < 1.29 is 28.0 Å². The second-order valence-electron chi connectivity index (χ2n) is 2.42. The standard InChI is InChI=1S/C6H12N2.Cu.2H2O/c7-8-6-4-2-1-3-5-6;;;/h6-7H,1-5H2;;2*1H2. The van der Waals surface area contributed by atoms with Crippen LogP contribution in [0, 0.1) is 5.53 Å². The molecule has 0 spiro atoms. The van der Waals surface area contributed by atoms with Crippen molar-refractivity contribution in [1.29, 1.82) is 5.53 Å². The Bertz CT molecular complexity index is 86.7. The van der Waals surface area contributed by atoms with Crippen molar-refractivity contribution in [3.05, 3.63) is 0 Å². The van der Waals surface area contributed by atoms with Gasteiger partial charge < -0.3 is 11.0 Å². The van der Waals surface area contributed by atoms with Crippen LogP contribution in [0.15, 0.2) is 5.11 Å². The molecule has 1 saturated carbocycles. The first-order valence-corrected chi connectivity index (χ1v) is 3.30. The summed E-state index contributed by atoms with van der Waals surface area (Å²) in [6.07, 6.45) is 6.24. The molecule has 0 aliphatic heterocycles. The van der Waals surface area contributed by atoms with Gasteiger partial charge in [-0.15, -0.1) is 0 Å². The van der Waals surface area contributed by atoms with E-state index in [9.17, 15) is 0 Å². The van der Waals surface area contributed by atoms with Crippen LogP contribution in [0.4, 0.5) is 0 Å². The molecule has 0 atom stereocenters. The molecule has 1 rings (SSSR count). The van der Waals surface area contributed by atoms with Gasteiger partial charge in [-0.05, 0) is 12.8 Å². The molecule has 11 heavy (non-hydrogen) atoms. The van der Waals surface area contributed by atoms with Crippen LogP contribution in [-0.2, 0) is 17.1 Å². The van der Waals surface area contributed by atoms with Crippen LogP contribution in [0.5, 0.6) is 0 Å². The van der Waals surface area contributed by atoms with Crippen molar-refractivity contribution in [2.75, 3.05) is 0 Å². The summed E-state index contributed by atoms with van der Waals surface area (Å²) in [6, 6.07) is 0.378. The summed E-state index contributed by atoms with van der Waals surface area (Å²) < 4.78 is 0. The van der Waals surface area contributed by atoms with Crippen LogP contribution in [-0.4, -0.2) is 17.0 Å². The Hall–Kier alpha value is 0.0395. The van der Waals surface area contributed by atoms with Crippen LogP contribution in [0.3, 0.4) is 0 Å². The summed E-state index contributed by atoms with van der Waals surface area (Å²) in [6.45, 7) is 0. The predicted octanol–water partition coefficient (Wildman–Crippen LogP) is 0.698. The minimum Gasteiger partial charge on any atom is -0.412 e. The summed E-state index contributed by atoms with van der Waals surface area (Å²) in [5.74, 6) is 0. The maximum Gasteiger partial charge on any atom is 0.0705 e. The van der Waals surface area contributed by atoms with Gasteiger partial charge in [0.1, 0.15) is 0 Å².